The predicted molar refractivity (Wildman–Crippen MR) is 151 cm³/mol. The largest absolute Gasteiger partial charge is 0.493 e. The molecule has 10 nitrogen and oxygen atoms in total. The molecule has 4 rings (SSSR count). The number of nitro groups is 1. The van der Waals surface area contributed by atoms with Gasteiger partial charge in [-0.15, -0.1) is 0 Å². The van der Waals surface area contributed by atoms with Gasteiger partial charge in [0.1, 0.15) is 0 Å². The fourth-order valence-electron chi connectivity index (χ4n) is 4.39. The molecule has 210 valence electrons. The van der Waals surface area contributed by atoms with E-state index in [-0.39, 0.29) is 21.9 Å². The molecule has 2 aromatic carbocycles. The van der Waals surface area contributed by atoms with Crippen molar-refractivity contribution in [2.45, 2.75) is 52.7 Å². The summed E-state index contributed by atoms with van der Waals surface area (Å²) in [6.07, 6.45) is 2.96. The molecule has 1 aliphatic rings. The van der Waals surface area contributed by atoms with E-state index >= 15 is 0 Å². The van der Waals surface area contributed by atoms with Crippen LogP contribution in [0.5, 0.6) is 11.5 Å². The van der Waals surface area contributed by atoms with E-state index in [1.807, 2.05) is 0 Å². The zero-order valence-corrected chi connectivity index (χ0v) is 23.8. The molecule has 0 aliphatic carbocycles. The second kappa shape index (κ2) is 12.3. The van der Waals surface area contributed by atoms with Crippen LogP contribution in [0.4, 0.5) is 5.69 Å². The minimum atomic E-state index is -0.867. The standard InChI is InChI=1S/C29H31N3O7S/c1-6-7-14-38-22-13-12-20(15-23(22)37-5)26-25(28(34)39-17(2)3)18(4)30-29-31(26)27(33)24(40-29)16-19-10-8-9-11-21(19)32(35)36/h8-13,15-17,26H,6-7,14H2,1-5H3/b24-16-. The highest BCUT2D eigenvalue weighted by Gasteiger charge is 2.34. The summed E-state index contributed by atoms with van der Waals surface area (Å²) in [5.41, 5.74) is 0.973. The third-order valence-corrected chi connectivity index (χ3v) is 7.25. The number of hydrogen-bond acceptors (Lipinski definition) is 9. The molecular weight excluding hydrogens is 534 g/mol. The maximum atomic E-state index is 13.9. The van der Waals surface area contributed by atoms with Crippen molar-refractivity contribution < 1.29 is 23.9 Å². The molecule has 1 aromatic heterocycles. The minimum absolute atomic E-state index is 0.120. The van der Waals surface area contributed by atoms with Crippen molar-refractivity contribution in [3.05, 3.63) is 94.7 Å². The first-order valence-electron chi connectivity index (χ1n) is 12.9. The first kappa shape index (κ1) is 28.8. The molecule has 0 radical (unpaired) electrons. The molecule has 0 fully saturated rings. The number of methoxy groups -OCH3 is 1. The number of hydrogen-bond donors (Lipinski definition) is 0. The van der Waals surface area contributed by atoms with E-state index in [1.165, 1.54) is 23.8 Å². The molecule has 0 amide bonds. The number of thiazole rings is 1. The molecule has 3 aromatic rings. The summed E-state index contributed by atoms with van der Waals surface area (Å²) in [7, 11) is 1.53. The number of nitrogens with zero attached hydrogens (tertiary/aromatic N) is 3. The van der Waals surface area contributed by atoms with E-state index in [9.17, 15) is 19.7 Å². The minimum Gasteiger partial charge on any atom is -0.493 e. The Hall–Kier alpha value is -4.25. The maximum absolute atomic E-state index is 13.9. The maximum Gasteiger partial charge on any atom is 0.338 e. The molecule has 0 saturated heterocycles. The van der Waals surface area contributed by atoms with E-state index in [1.54, 1.807) is 57.2 Å². The number of esters is 1. The molecule has 0 saturated carbocycles. The lowest BCUT2D eigenvalue weighted by molar-refractivity contribution is -0.385. The Labute approximate surface area is 235 Å². The molecule has 1 aliphatic heterocycles. The molecule has 2 heterocycles. The van der Waals surface area contributed by atoms with Crippen LogP contribution in [0.3, 0.4) is 0 Å². The van der Waals surface area contributed by atoms with Gasteiger partial charge in [-0.1, -0.05) is 42.9 Å². The zero-order valence-electron chi connectivity index (χ0n) is 23.0. The van der Waals surface area contributed by atoms with Crippen LogP contribution in [0.25, 0.3) is 6.08 Å². The van der Waals surface area contributed by atoms with Gasteiger partial charge in [-0.25, -0.2) is 9.79 Å². The predicted octanol–water partition coefficient (Wildman–Crippen LogP) is 4.28. The second-order valence-corrected chi connectivity index (χ2v) is 10.5. The Morgan fingerprint density at radius 3 is 2.65 bits per heavy atom. The van der Waals surface area contributed by atoms with Gasteiger partial charge >= 0.3 is 5.97 Å². The number of aromatic nitrogens is 1. The monoisotopic (exact) mass is 565 g/mol. The Bertz CT molecular complexity index is 1650. The van der Waals surface area contributed by atoms with Crippen molar-refractivity contribution in [1.82, 2.24) is 4.57 Å². The van der Waals surface area contributed by atoms with E-state index in [4.69, 9.17) is 14.2 Å². The van der Waals surface area contributed by atoms with E-state index in [0.717, 1.165) is 24.2 Å². The molecule has 1 atom stereocenters. The van der Waals surface area contributed by atoms with Crippen molar-refractivity contribution in [1.29, 1.82) is 0 Å². The summed E-state index contributed by atoms with van der Waals surface area (Å²) in [4.78, 5) is 43.2. The fraction of sp³-hybridized carbons (Fsp3) is 0.345. The van der Waals surface area contributed by atoms with Crippen LogP contribution >= 0.6 is 11.3 Å². The molecule has 0 N–H and O–H groups in total. The van der Waals surface area contributed by atoms with Crippen molar-refractivity contribution in [2.24, 2.45) is 4.99 Å². The number of allylic oxidation sites excluding steroid dienone is 1. The lowest BCUT2D eigenvalue weighted by Gasteiger charge is -2.26. The highest BCUT2D eigenvalue weighted by Crippen LogP contribution is 2.36. The molecular formula is C29H31N3O7S. The number of carbonyl (C=O) groups is 1. The van der Waals surface area contributed by atoms with Crippen LogP contribution in [0, 0.1) is 10.1 Å². The van der Waals surface area contributed by atoms with Crippen LogP contribution in [0.1, 0.15) is 57.7 Å². The molecule has 40 heavy (non-hydrogen) atoms. The van der Waals surface area contributed by atoms with E-state index < -0.39 is 22.5 Å². The van der Waals surface area contributed by atoms with Gasteiger partial charge in [0.25, 0.3) is 11.2 Å². The lowest BCUT2D eigenvalue weighted by Crippen LogP contribution is -2.40. The highest BCUT2D eigenvalue weighted by molar-refractivity contribution is 7.07. The number of ether oxygens (including phenoxy) is 3. The summed E-state index contributed by atoms with van der Waals surface area (Å²) >= 11 is 1.10. The summed E-state index contributed by atoms with van der Waals surface area (Å²) in [5, 5.41) is 11.6. The van der Waals surface area contributed by atoms with Gasteiger partial charge < -0.3 is 14.2 Å². The first-order chi connectivity index (χ1) is 19.2. The topological polar surface area (TPSA) is 122 Å². The Balaban J connectivity index is 1.93. The Morgan fingerprint density at radius 1 is 1.23 bits per heavy atom. The number of carbonyl (C=O) groups excluding carboxylic acids is 1. The summed E-state index contributed by atoms with van der Waals surface area (Å²) in [5.74, 6) is 0.425. The van der Waals surface area contributed by atoms with Crippen molar-refractivity contribution in [3.63, 3.8) is 0 Å². The van der Waals surface area contributed by atoms with Gasteiger partial charge in [-0.05, 0) is 57.0 Å². The van der Waals surface area contributed by atoms with Crippen molar-refractivity contribution in [2.75, 3.05) is 13.7 Å². The van der Waals surface area contributed by atoms with Gasteiger partial charge in [-0.2, -0.15) is 0 Å². The smallest absolute Gasteiger partial charge is 0.338 e. The third-order valence-electron chi connectivity index (χ3n) is 6.26. The number of para-hydroxylation sites is 1. The van der Waals surface area contributed by atoms with Gasteiger partial charge in [0, 0.05) is 6.07 Å². The molecule has 11 heteroatoms. The third kappa shape index (κ3) is 5.84. The quantitative estimate of drug-likeness (QED) is 0.156. The van der Waals surface area contributed by atoms with Crippen LogP contribution in [0.15, 0.2) is 63.5 Å². The first-order valence-corrected chi connectivity index (χ1v) is 13.8. The molecule has 0 bridgehead atoms. The SMILES string of the molecule is CCCCOc1ccc(C2C(C(=O)OC(C)C)=C(C)N=c3s/c(=C\c4ccccc4[N+](=O)[O-])c(=O)n32)cc1OC. The number of benzene rings is 2. The van der Waals surface area contributed by atoms with Crippen LogP contribution in [-0.2, 0) is 9.53 Å². The zero-order chi connectivity index (χ0) is 29.0. The molecule has 1 unspecified atom stereocenters. The number of fused-ring (bicyclic) bond motifs is 1. The van der Waals surface area contributed by atoms with E-state index in [0.29, 0.717) is 39.7 Å². The second-order valence-electron chi connectivity index (χ2n) is 9.46. The van der Waals surface area contributed by atoms with Crippen molar-refractivity contribution in [3.8, 4) is 11.5 Å². The summed E-state index contributed by atoms with van der Waals surface area (Å²) in [6, 6.07) is 10.6. The van der Waals surface area contributed by atoms with Gasteiger partial charge in [0.2, 0.25) is 0 Å². The van der Waals surface area contributed by atoms with Gasteiger partial charge in [-0.3, -0.25) is 19.5 Å². The Morgan fingerprint density at radius 2 is 1.98 bits per heavy atom. The average Bonchev–Trinajstić information content (AvgIpc) is 3.21. The lowest BCUT2D eigenvalue weighted by atomic mass is 9.95. The fourth-order valence-corrected chi connectivity index (χ4v) is 5.43. The molecule has 0 spiro atoms. The number of nitro benzene ring substituents is 1. The Kier molecular flexibility index (Phi) is 8.83. The summed E-state index contributed by atoms with van der Waals surface area (Å²) < 4.78 is 18.7. The van der Waals surface area contributed by atoms with Crippen LogP contribution in [0.2, 0.25) is 0 Å². The van der Waals surface area contributed by atoms with Crippen LogP contribution < -0.4 is 24.4 Å². The van der Waals surface area contributed by atoms with Crippen LogP contribution in [-0.4, -0.2) is 35.3 Å². The highest BCUT2D eigenvalue weighted by atomic mass is 32.1. The number of unbranched alkanes of at least 4 members (excludes halogenated alkanes) is 1. The normalized spacial score (nSPS) is 15.1. The number of rotatable bonds is 10. The van der Waals surface area contributed by atoms with E-state index in [2.05, 4.69) is 11.9 Å². The van der Waals surface area contributed by atoms with Gasteiger partial charge in [0.15, 0.2) is 16.3 Å². The average molecular weight is 566 g/mol. The van der Waals surface area contributed by atoms with Crippen molar-refractivity contribution >= 4 is 29.1 Å². The summed E-state index contributed by atoms with van der Waals surface area (Å²) in [6.45, 7) is 7.79. The van der Waals surface area contributed by atoms with Gasteiger partial charge in [0.05, 0.1) is 52.2 Å².